The summed E-state index contributed by atoms with van der Waals surface area (Å²) in [6, 6.07) is 17.1. The van der Waals surface area contributed by atoms with Gasteiger partial charge in [-0.2, -0.15) is 16.4 Å². The molecule has 6 rings (SSSR count). The monoisotopic (exact) mass is 489 g/mol. The quantitative estimate of drug-likeness (QED) is 0.411. The number of nitrogens with zero attached hydrogens (tertiary/aromatic N) is 5. The van der Waals surface area contributed by atoms with Gasteiger partial charge in [0.05, 0.1) is 24.4 Å². The molecule has 0 radical (unpaired) electrons. The Morgan fingerprint density at radius 1 is 1.00 bits per heavy atom. The van der Waals surface area contributed by atoms with Gasteiger partial charge in [0.15, 0.2) is 5.82 Å². The third-order valence-electron chi connectivity index (χ3n) is 7.25. The van der Waals surface area contributed by atoms with Gasteiger partial charge < -0.3 is 19.9 Å². The Morgan fingerprint density at radius 3 is 2.60 bits per heavy atom. The molecule has 0 aliphatic carbocycles. The van der Waals surface area contributed by atoms with Crippen LogP contribution in [0.3, 0.4) is 0 Å². The van der Waals surface area contributed by atoms with Crippen LogP contribution in [0.2, 0.25) is 0 Å². The number of nitrogens with one attached hydrogen (secondary N) is 2. The fraction of sp³-hybridized carbons (Fsp3) is 0.423. The molecule has 2 N–H and O–H groups in total. The summed E-state index contributed by atoms with van der Waals surface area (Å²) in [5.41, 5.74) is 4.51. The molecular formula is C26H31N7OS. The van der Waals surface area contributed by atoms with Gasteiger partial charge in [-0.25, -0.2) is 0 Å². The van der Waals surface area contributed by atoms with E-state index in [0.717, 1.165) is 75.1 Å². The first-order chi connectivity index (χ1) is 17.3. The molecular weight excluding hydrogens is 458 g/mol. The van der Waals surface area contributed by atoms with Crippen LogP contribution < -0.4 is 10.2 Å². The summed E-state index contributed by atoms with van der Waals surface area (Å²) in [4.78, 5) is 5.76. The van der Waals surface area contributed by atoms with Crippen molar-refractivity contribution in [2.45, 2.75) is 24.8 Å². The summed E-state index contributed by atoms with van der Waals surface area (Å²) >= 11 is 2.01. The summed E-state index contributed by atoms with van der Waals surface area (Å²) in [5, 5.41) is 18.3. The number of rotatable bonds is 7. The maximum absolute atomic E-state index is 5.49. The van der Waals surface area contributed by atoms with Crippen molar-refractivity contribution in [1.82, 2.24) is 30.5 Å². The molecule has 8 nitrogen and oxygen atoms in total. The first kappa shape index (κ1) is 22.6. The molecule has 2 aliphatic rings. The second-order valence-corrected chi connectivity index (χ2v) is 10.5. The van der Waals surface area contributed by atoms with Crippen LogP contribution >= 0.6 is 11.8 Å². The number of fused-ring (bicyclic) bond motifs is 1. The lowest BCUT2D eigenvalue weighted by atomic mass is 9.90. The minimum absolute atomic E-state index is 0.232. The van der Waals surface area contributed by atoms with Crippen molar-refractivity contribution in [3.63, 3.8) is 0 Å². The first-order valence-corrected chi connectivity index (χ1v) is 13.6. The zero-order valence-electron chi connectivity index (χ0n) is 19.8. The molecule has 2 aromatic carbocycles. The topological polar surface area (TPSA) is 83.9 Å². The van der Waals surface area contributed by atoms with Gasteiger partial charge in [-0.05, 0) is 77.1 Å². The molecule has 0 amide bonds. The lowest BCUT2D eigenvalue weighted by Crippen LogP contribution is -2.48. The number of morpholine rings is 1. The Labute approximate surface area is 209 Å². The van der Waals surface area contributed by atoms with Crippen LogP contribution in [0, 0.1) is 0 Å². The van der Waals surface area contributed by atoms with Gasteiger partial charge in [0.25, 0.3) is 0 Å². The number of thioether (sulfide) groups is 1. The number of anilines is 1. The minimum Gasteiger partial charge on any atom is -0.378 e. The van der Waals surface area contributed by atoms with Gasteiger partial charge in [-0.3, -0.25) is 0 Å². The number of tetrazole rings is 1. The normalized spacial score (nSPS) is 18.2. The van der Waals surface area contributed by atoms with E-state index < -0.39 is 0 Å². The summed E-state index contributed by atoms with van der Waals surface area (Å²) in [6.07, 6.45) is 5.11. The summed E-state index contributed by atoms with van der Waals surface area (Å²) in [6.45, 7) is 4.29. The highest BCUT2D eigenvalue weighted by atomic mass is 32.2. The Balaban J connectivity index is 1.23. The first-order valence-electron chi connectivity index (χ1n) is 12.4. The van der Waals surface area contributed by atoms with E-state index in [4.69, 9.17) is 4.74 Å². The highest BCUT2D eigenvalue weighted by Crippen LogP contribution is 2.36. The number of hydrogen-bond acceptors (Lipinski definition) is 7. The molecule has 4 heterocycles. The highest BCUT2D eigenvalue weighted by molar-refractivity contribution is 7.99. The lowest BCUT2D eigenvalue weighted by Gasteiger charge is -2.37. The third kappa shape index (κ3) is 4.55. The van der Waals surface area contributed by atoms with Gasteiger partial charge in [-0.1, -0.05) is 18.2 Å². The minimum atomic E-state index is -0.232. The van der Waals surface area contributed by atoms with Crippen molar-refractivity contribution in [2.75, 3.05) is 49.3 Å². The fourth-order valence-corrected chi connectivity index (χ4v) is 6.45. The molecule has 2 fully saturated rings. The average Bonchev–Trinajstić information content (AvgIpc) is 3.58. The summed E-state index contributed by atoms with van der Waals surface area (Å²) in [5.74, 6) is 3.11. The summed E-state index contributed by atoms with van der Waals surface area (Å²) in [7, 11) is 0. The second-order valence-electron chi connectivity index (χ2n) is 9.26. The molecule has 0 atom stereocenters. The van der Waals surface area contributed by atoms with Crippen LogP contribution in [0.1, 0.15) is 24.2 Å². The van der Waals surface area contributed by atoms with Gasteiger partial charge >= 0.3 is 0 Å². The van der Waals surface area contributed by atoms with E-state index in [-0.39, 0.29) is 5.54 Å². The second kappa shape index (κ2) is 10.0. The molecule has 182 valence electrons. The number of aromatic amines is 1. The molecule has 2 saturated heterocycles. The number of para-hydroxylation sites is 1. The average molecular weight is 490 g/mol. The van der Waals surface area contributed by atoms with Crippen LogP contribution in [-0.4, -0.2) is 69.5 Å². The van der Waals surface area contributed by atoms with Gasteiger partial charge in [-0.15, -0.1) is 5.10 Å². The number of H-pyrrole nitrogens is 1. The van der Waals surface area contributed by atoms with E-state index in [0.29, 0.717) is 0 Å². The maximum Gasteiger partial charge on any atom is 0.176 e. The molecule has 2 aliphatic heterocycles. The highest BCUT2D eigenvalue weighted by Gasteiger charge is 2.39. The van der Waals surface area contributed by atoms with Crippen molar-refractivity contribution in [1.29, 1.82) is 0 Å². The smallest absolute Gasteiger partial charge is 0.176 e. The number of aromatic nitrogens is 5. The molecule has 0 saturated carbocycles. The summed E-state index contributed by atoms with van der Waals surface area (Å²) < 4.78 is 7.42. The van der Waals surface area contributed by atoms with E-state index in [1.165, 1.54) is 22.2 Å². The van der Waals surface area contributed by atoms with E-state index >= 15 is 0 Å². The van der Waals surface area contributed by atoms with Crippen LogP contribution in [-0.2, 0) is 16.7 Å². The van der Waals surface area contributed by atoms with E-state index in [9.17, 15) is 0 Å². The molecule has 9 heteroatoms. The van der Waals surface area contributed by atoms with Crippen molar-refractivity contribution in [2.24, 2.45) is 0 Å². The molecule has 4 aromatic rings. The maximum atomic E-state index is 5.49. The van der Waals surface area contributed by atoms with Crippen molar-refractivity contribution in [3.05, 3.63) is 66.1 Å². The predicted octanol–water partition coefficient (Wildman–Crippen LogP) is 3.53. The molecule has 0 spiro atoms. The SMILES string of the molecule is c1ccc2c(CCNC3(c4nnnn4-c4ccc(N5CCOCC5)cc4)CCSCC3)c[nH]c2c1. The zero-order valence-corrected chi connectivity index (χ0v) is 20.6. The number of benzene rings is 2. The van der Waals surface area contributed by atoms with Crippen LogP contribution in [0.5, 0.6) is 0 Å². The molecule has 0 bridgehead atoms. The molecule has 0 unspecified atom stereocenters. The van der Waals surface area contributed by atoms with E-state index in [1.807, 2.05) is 16.4 Å². The number of ether oxygens (including phenoxy) is 1. The Bertz CT molecular complexity index is 1260. The number of hydrogen-bond donors (Lipinski definition) is 2. The van der Waals surface area contributed by atoms with Crippen molar-refractivity contribution >= 4 is 28.4 Å². The Kier molecular flexibility index (Phi) is 6.45. The van der Waals surface area contributed by atoms with Crippen LogP contribution in [0.4, 0.5) is 5.69 Å². The standard InChI is InChI=1S/C26H31N7OS/c1-2-4-24-23(3-1)20(19-27-24)9-12-28-26(10-17-35-18-11-26)25-29-30-31-33(25)22-7-5-21(6-8-22)32-13-15-34-16-14-32/h1-8,19,27-28H,9-18H2. The van der Waals surface area contributed by atoms with Gasteiger partial charge in [0, 0.05) is 42.4 Å². The van der Waals surface area contributed by atoms with Crippen LogP contribution in [0.25, 0.3) is 16.6 Å². The predicted molar refractivity (Wildman–Crippen MR) is 140 cm³/mol. The fourth-order valence-electron chi connectivity index (χ4n) is 5.26. The van der Waals surface area contributed by atoms with Gasteiger partial charge in [0.1, 0.15) is 0 Å². The molecule has 2 aromatic heterocycles. The largest absolute Gasteiger partial charge is 0.378 e. The van der Waals surface area contributed by atoms with Gasteiger partial charge in [0.2, 0.25) is 0 Å². The third-order valence-corrected chi connectivity index (χ3v) is 8.23. The van der Waals surface area contributed by atoms with Crippen molar-refractivity contribution < 1.29 is 4.74 Å². The molecule has 35 heavy (non-hydrogen) atoms. The van der Waals surface area contributed by atoms with Crippen LogP contribution in [0.15, 0.2) is 54.7 Å². The van der Waals surface area contributed by atoms with E-state index in [1.54, 1.807) is 0 Å². The lowest BCUT2D eigenvalue weighted by molar-refractivity contribution is 0.122. The zero-order chi connectivity index (χ0) is 23.5. The van der Waals surface area contributed by atoms with E-state index in [2.05, 4.69) is 85.5 Å². The Morgan fingerprint density at radius 2 is 1.77 bits per heavy atom. The van der Waals surface area contributed by atoms with Crippen molar-refractivity contribution in [3.8, 4) is 5.69 Å². The Hall–Kier alpha value is -2.88.